The fourth-order valence-electron chi connectivity index (χ4n) is 2.97. The molecule has 11 heteroatoms. The minimum atomic E-state index is -3.86. The molecule has 31 heavy (non-hydrogen) atoms. The van der Waals surface area contributed by atoms with E-state index in [1.54, 1.807) is 11.6 Å². The summed E-state index contributed by atoms with van der Waals surface area (Å²) >= 11 is 1.42. The maximum Gasteiger partial charge on any atom is 0.240 e. The zero-order valence-electron chi connectivity index (χ0n) is 16.7. The second-order valence-electron chi connectivity index (χ2n) is 6.53. The second-order valence-corrected chi connectivity index (χ2v) is 9.13. The normalized spacial score (nSPS) is 11.7. The van der Waals surface area contributed by atoms with Crippen LogP contribution in [0.25, 0.3) is 16.3 Å². The molecule has 8 nitrogen and oxygen atoms in total. The summed E-state index contributed by atoms with van der Waals surface area (Å²) in [6.07, 6.45) is 0.392. The van der Waals surface area contributed by atoms with Crippen LogP contribution in [0, 0.1) is 5.82 Å². The number of fused-ring (bicyclic) bond motifs is 1. The van der Waals surface area contributed by atoms with Gasteiger partial charge >= 0.3 is 0 Å². The van der Waals surface area contributed by atoms with Gasteiger partial charge in [0.05, 0.1) is 24.8 Å². The Kier molecular flexibility index (Phi) is 5.90. The summed E-state index contributed by atoms with van der Waals surface area (Å²) in [7, 11) is -0.939. The third-order valence-electron chi connectivity index (χ3n) is 4.60. The average Bonchev–Trinajstić information content (AvgIpc) is 3.35. The summed E-state index contributed by atoms with van der Waals surface area (Å²) in [6.45, 7) is 0.125. The highest BCUT2D eigenvalue weighted by Crippen LogP contribution is 2.23. The van der Waals surface area contributed by atoms with E-state index in [2.05, 4.69) is 14.8 Å². The number of rotatable bonds is 8. The van der Waals surface area contributed by atoms with Crippen molar-refractivity contribution in [3.63, 3.8) is 0 Å². The predicted molar refractivity (Wildman–Crippen MR) is 115 cm³/mol. The fraction of sp³-hybridized carbons (Fsp3) is 0.200. The molecule has 0 aliphatic heterocycles. The highest BCUT2D eigenvalue weighted by Gasteiger charge is 2.17. The van der Waals surface area contributed by atoms with E-state index in [4.69, 9.17) is 9.47 Å². The van der Waals surface area contributed by atoms with E-state index in [-0.39, 0.29) is 17.2 Å². The van der Waals surface area contributed by atoms with E-state index in [0.29, 0.717) is 17.2 Å². The number of aromatic nitrogens is 3. The number of benzene rings is 2. The lowest BCUT2D eigenvalue weighted by Crippen LogP contribution is -2.26. The summed E-state index contributed by atoms with van der Waals surface area (Å²) in [6, 6.07) is 10.9. The van der Waals surface area contributed by atoms with Gasteiger partial charge in [-0.2, -0.15) is 4.98 Å². The van der Waals surface area contributed by atoms with Gasteiger partial charge in [-0.05, 0) is 42.5 Å². The monoisotopic (exact) mass is 462 g/mol. The van der Waals surface area contributed by atoms with Gasteiger partial charge in [0.2, 0.25) is 15.0 Å². The number of hydrogen-bond acceptors (Lipinski definition) is 7. The highest BCUT2D eigenvalue weighted by molar-refractivity contribution is 7.89. The van der Waals surface area contributed by atoms with Crippen LogP contribution in [0.3, 0.4) is 0 Å². The molecule has 0 saturated carbocycles. The smallest absolute Gasteiger partial charge is 0.240 e. The first kappa shape index (κ1) is 21.2. The molecule has 0 bridgehead atoms. The molecule has 0 aliphatic carbocycles. The summed E-state index contributed by atoms with van der Waals surface area (Å²) in [4.78, 5) is 5.07. The first-order valence-corrected chi connectivity index (χ1v) is 11.6. The Morgan fingerprint density at radius 2 is 1.90 bits per heavy atom. The lowest BCUT2D eigenvalue weighted by atomic mass is 10.2. The van der Waals surface area contributed by atoms with Gasteiger partial charge in [-0.15, -0.1) is 16.4 Å². The Morgan fingerprint density at radius 3 is 2.58 bits per heavy atom. The van der Waals surface area contributed by atoms with Gasteiger partial charge in [0, 0.05) is 23.9 Å². The van der Waals surface area contributed by atoms with Gasteiger partial charge in [-0.3, -0.25) is 0 Å². The molecule has 0 aliphatic rings. The Balaban J connectivity index is 1.46. The molecule has 0 spiro atoms. The van der Waals surface area contributed by atoms with E-state index in [1.165, 1.54) is 30.6 Å². The van der Waals surface area contributed by atoms with Gasteiger partial charge < -0.3 is 9.47 Å². The lowest BCUT2D eigenvalue weighted by molar-refractivity contribution is 0.385. The Morgan fingerprint density at radius 1 is 1.13 bits per heavy atom. The molecule has 2 heterocycles. The topological polar surface area (TPSA) is 94.8 Å². The van der Waals surface area contributed by atoms with Crippen LogP contribution >= 0.6 is 11.3 Å². The van der Waals surface area contributed by atoms with Gasteiger partial charge in [-0.1, -0.05) is 0 Å². The van der Waals surface area contributed by atoms with Crippen LogP contribution in [0.1, 0.15) is 5.69 Å². The van der Waals surface area contributed by atoms with Crippen molar-refractivity contribution in [2.24, 2.45) is 0 Å². The Labute approximate surface area is 182 Å². The second kappa shape index (κ2) is 8.61. The molecule has 0 amide bonds. The number of methoxy groups -OCH3 is 2. The average molecular weight is 463 g/mol. The number of thiazole rings is 1. The molecule has 0 saturated heterocycles. The first-order valence-electron chi connectivity index (χ1n) is 9.22. The molecule has 0 radical (unpaired) electrons. The largest absolute Gasteiger partial charge is 0.497 e. The zero-order chi connectivity index (χ0) is 22.0. The summed E-state index contributed by atoms with van der Waals surface area (Å²) < 4.78 is 52.9. The number of hydrogen-bond donors (Lipinski definition) is 1. The first-order chi connectivity index (χ1) is 14.9. The molecule has 162 valence electrons. The minimum absolute atomic E-state index is 0.0153. The number of nitrogens with zero attached hydrogens (tertiary/aromatic N) is 3. The molecule has 4 rings (SSSR count). The summed E-state index contributed by atoms with van der Waals surface area (Å²) in [5, 5.41) is 6.42. The third-order valence-corrected chi connectivity index (χ3v) is 6.93. The maximum absolute atomic E-state index is 13.8. The van der Waals surface area contributed by atoms with Crippen LogP contribution in [0.5, 0.6) is 11.5 Å². The van der Waals surface area contributed by atoms with Crippen molar-refractivity contribution in [3.05, 3.63) is 59.4 Å². The van der Waals surface area contributed by atoms with E-state index >= 15 is 0 Å². The molecule has 0 fully saturated rings. The van der Waals surface area contributed by atoms with E-state index in [9.17, 15) is 12.8 Å². The Hall–Kier alpha value is -3.02. The maximum atomic E-state index is 13.8. The van der Waals surface area contributed by atoms with Gasteiger partial charge in [-0.25, -0.2) is 22.0 Å². The van der Waals surface area contributed by atoms with Gasteiger partial charge in [0.25, 0.3) is 0 Å². The summed E-state index contributed by atoms with van der Waals surface area (Å²) in [5.41, 5.74) is 1.67. The van der Waals surface area contributed by atoms with Crippen LogP contribution in [0.15, 0.2) is 52.7 Å². The molecular formula is C20H19FN4O4S2. The quantitative estimate of drug-likeness (QED) is 0.432. The Bertz CT molecular complexity index is 1320. The summed E-state index contributed by atoms with van der Waals surface area (Å²) in [5.74, 6) is 0.566. The predicted octanol–water partition coefficient (Wildman–Crippen LogP) is 3.14. The molecule has 4 aromatic rings. The molecule has 0 unspecified atom stereocenters. The van der Waals surface area contributed by atoms with E-state index in [0.717, 1.165) is 23.1 Å². The molecular weight excluding hydrogens is 443 g/mol. The van der Waals surface area contributed by atoms with Gasteiger partial charge in [0.15, 0.2) is 17.4 Å². The van der Waals surface area contributed by atoms with Crippen LogP contribution < -0.4 is 14.2 Å². The standard InChI is InChI=1S/C20H19FN4O4S2/c1-28-15-5-3-13(4-6-15)19-23-20-25(24-19)14(12-30-20)9-10-22-31(26,27)16-7-8-18(29-2)17(21)11-16/h3-8,11-12,22H,9-10H2,1-2H3. The van der Waals surface area contributed by atoms with Crippen molar-refractivity contribution >= 4 is 26.3 Å². The van der Waals surface area contributed by atoms with Crippen molar-refractivity contribution in [1.29, 1.82) is 0 Å². The number of ether oxygens (including phenoxy) is 2. The van der Waals surface area contributed by atoms with Crippen LogP contribution in [-0.4, -0.2) is 43.8 Å². The van der Waals surface area contributed by atoms with E-state index in [1.807, 2.05) is 29.6 Å². The van der Waals surface area contributed by atoms with Crippen molar-refractivity contribution in [2.45, 2.75) is 11.3 Å². The van der Waals surface area contributed by atoms with Crippen molar-refractivity contribution in [3.8, 4) is 22.9 Å². The van der Waals surface area contributed by atoms with Crippen molar-refractivity contribution in [1.82, 2.24) is 19.3 Å². The zero-order valence-corrected chi connectivity index (χ0v) is 18.3. The number of nitrogens with one attached hydrogen (secondary N) is 1. The lowest BCUT2D eigenvalue weighted by Gasteiger charge is -2.08. The highest BCUT2D eigenvalue weighted by atomic mass is 32.2. The molecule has 2 aromatic carbocycles. The molecule has 2 aromatic heterocycles. The molecule has 0 atom stereocenters. The fourth-order valence-corrected chi connectivity index (χ4v) is 4.87. The SMILES string of the molecule is COc1ccc(-c2nc3scc(CCNS(=O)(=O)c4ccc(OC)c(F)c4)n3n2)cc1. The van der Waals surface area contributed by atoms with Crippen molar-refractivity contribution < 1.29 is 22.3 Å². The van der Waals surface area contributed by atoms with Crippen LogP contribution in [0.4, 0.5) is 4.39 Å². The van der Waals surface area contributed by atoms with Gasteiger partial charge in [0.1, 0.15) is 5.75 Å². The van der Waals surface area contributed by atoms with E-state index < -0.39 is 15.8 Å². The third kappa shape index (κ3) is 4.38. The number of halogens is 1. The van der Waals surface area contributed by atoms with Crippen molar-refractivity contribution in [2.75, 3.05) is 20.8 Å². The van der Waals surface area contributed by atoms with Crippen LogP contribution in [-0.2, 0) is 16.4 Å². The molecule has 1 N–H and O–H groups in total. The minimum Gasteiger partial charge on any atom is -0.497 e. The number of sulfonamides is 1. The van der Waals surface area contributed by atoms with Crippen LogP contribution in [0.2, 0.25) is 0 Å².